The number of aromatic nitrogens is 4. The first-order valence-electron chi connectivity index (χ1n) is 9.72. The Kier molecular flexibility index (Phi) is 7.75. The molecular weight excluding hydrogens is 549 g/mol. The number of amidine groups is 1. The van der Waals surface area contributed by atoms with E-state index in [-0.39, 0.29) is 16.6 Å². The molecule has 0 saturated heterocycles. The summed E-state index contributed by atoms with van der Waals surface area (Å²) in [5.41, 5.74) is -2.85. The van der Waals surface area contributed by atoms with Gasteiger partial charge in [0.25, 0.3) is 0 Å². The molecule has 2 heterocycles. The van der Waals surface area contributed by atoms with Gasteiger partial charge in [-0.3, -0.25) is 0 Å². The summed E-state index contributed by atoms with van der Waals surface area (Å²) in [6.07, 6.45) is -6.41. The van der Waals surface area contributed by atoms with E-state index in [1.807, 2.05) is 0 Å². The molecule has 37 heavy (non-hydrogen) atoms. The lowest BCUT2D eigenvalue weighted by Crippen LogP contribution is -2.59. The highest BCUT2D eigenvalue weighted by Crippen LogP contribution is 2.56. The Morgan fingerprint density at radius 2 is 1.59 bits per heavy atom. The van der Waals surface area contributed by atoms with Crippen LogP contribution in [0.5, 0.6) is 0 Å². The third-order valence-corrected chi connectivity index (χ3v) is 6.51. The highest BCUT2D eigenvalue weighted by atomic mass is 32.2. The van der Waals surface area contributed by atoms with Crippen molar-refractivity contribution >= 4 is 22.4 Å². The van der Waals surface area contributed by atoms with Gasteiger partial charge < -0.3 is 9.58 Å². The fraction of sp³-hybridized carbons (Fsp3) is 0.500. The molecule has 0 aliphatic heterocycles. The second-order valence-corrected chi connectivity index (χ2v) is 9.73. The average molecular weight is 567 g/mol. The first kappa shape index (κ1) is 30.0. The number of hydrogen-bond acceptors (Lipinski definition) is 7. The molecule has 0 atom stereocenters. The van der Waals surface area contributed by atoms with E-state index in [1.165, 1.54) is 26.0 Å². The second-order valence-electron chi connectivity index (χ2n) is 7.49. The molecule has 2 rings (SSSR count). The molecule has 0 saturated carbocycles. The molecule has 206 valence electrons. The van der Waals surface area contributed by atoms with Gasteiger partial charge in [-0.1, -0.05) is 6.92 Å². The van der Waals surface area contributed by atoms with E-state index in [2.05, 4.69) is 31.8 Å². The number of rotatable bonds is 8. The first-order chi connectivity index (χ1) is 16.7. The molecule has 0 radical (unpaired) electrons. The van der Waals surface area contributed by atoms with E-state index in [4.69, 9.17) is 0 Å². The Morgan fingerprint density at radius 3 is 2.05 bits per heavy atom. The molecule has 0 fully saturated rings. The summed E-state index contributed by atoms with van der Waals surface area (Å²) in [4.78, 5) is 13.8. The van der Waals surface area contributed by atoms with Crippen LogP contribution in [0.15, 0.2) is 27.4 Å². The Labute approximate surface area is 203 Å². The minimum atomic E-state index is -7.14. The van der Waals surface area contributed by atoms with E-state index in [1.54, 1.807) is 0 Å². The second kappa shape index (κ2) is 9.56. The third kappa shape index (κ3) is 4.99. The van der Waals surface area contributed by atoms with E-state index >= 15 is 0 Å². The quantitative estimate of drug-likeness (QED) is 0.209. The van der Waals surface area contributed by atoms with Gasteiger partial charge in [0.2, 0.25) is 5.84 Å². The van der Waals surface area contributed by atoms with Crippen molar-refractivity contribution in [3.8, 4) is 11.5 Å². The van der Waals surface area contributed by atoms with Crippen LogP contribution in [0.3, 0.4) is 0 Å². The first-order valence-corrected chi connectivity index (χ1v) is 11.4. The summed E-state index contributed by atoms with van der Waals surface area (Å²) in [7, 11) is -0.774. The zero-order valence-corrected chi connectivity index (χ0v) is 20.1. The summed E-state index contributed by atoms with van der Waals surface area (Å²) in [6, 6.07) is 0. The van der Waals surface area contributed by atoms with Crippen molar-refractivity contribution in [2.75, 3.05) is 19.8 Å². The van der Waals surface area contributed by atoms with Crippen LogP contribution in [0.1, 0.15) is 18.4 Å². The molecule has 0 unspecified atom stereocenters. The maximum absolute atomic E-state index is 14.6. The number of alkyl halides is 9. The number of imidazole rings is 1. The minimum absolute atomic E-state index is 0.0191. The molecule has 0 aliphatic rings. The van der Waals surface area contributed by atoms with Crippen molar-refractivity contribution < 1.29 is 47.9 Å². The third-order valence-electron chi connectivity index (χ3n) is 4.78. The van der Waals surface area contributed by atoms with Crippen LogP contribution in [-0.4, -0.2) is 83.4 Å². The maximum Gasteiger partial charge on any atom is 0.460 e. The fourth-order valence-corrected chi connectivity index (χ4v) is 3.77. The van der Waals surface area contributed by atoms with Crippen LogP contribution in [0.2, 0.25) is 0 Å². The smallest absolute Gasteiger partial charge is 0.325 e. The van der Waals surface area contributed by atoms with Crippen molar-refractivity contribution in [3.05, 3.63) is 23.9 Å². The van der Waals surface area contributed by atoms with Gasteiger partial charge in [0.1, 0.15) is 16.3 Å². The van der Waals surface area contributed by atoms with E-state index in [0.29, 0.717) is 13.2 Å². The number of sulfone groups is 1. The summed E-state index contributed by atoms with van der Waals surface area (Å²) >= 11 is 0. The predicted molar refractivity (Wildman–Crippen MR) is 112 cm³/mol. The summed E-state index contributed by atoms with van der Waals surface area (Å²) in [5.74, 6) is -22.4. The zero-order chi connectivity index (χ0) is 28.8. The van der Waals surface area contributed by atoms with Crippen LogP contribution in [-0.2, 0) is 22.8 Å². The molecule has 0 aromatic carbocycles. The van der Waals surface area contributed by atoms with Crippen molar-refractivity contribution in [2.45, 2.75) is 35.8 Å². The number of aliphatic imine (C=N–C) groups is 1. The van der Waals surface area contributed by atoms with Crippen LogP contribution in [0.4, 0.5) is 39.5 Å². The SMILES string of the molecule is C=N/C(=N\N(C)C)c1ncc(S(=O)(=O)CC)c(-c2ncc(C(F)(F)C(F)(F)C(F)(F)C(F)(F)F)n2C)n1. The van der Waals surface area contributed by atoms with Crippen molar-refractivity contribution in [2.24, 2.45) is 17.1 Å². The fourth-order valence-electron chi connectivity index (χ4n) is 2.82. The summed E-state index contributed by atoms with van der Waals surface area (Å²) in [5, 5.41) is 5.09. The van der Waals surface area contributed by atoms with Crippen molar-refractivity contribution in [1.29, 1.82) is 0 Å². The van der Waals surface area contributed by atoms with Crippen LogP contribution >= 0.6 is 0 Å². The minimum Gasteiger partial charge on any atom is -0.325 e. The van der Waals surface area contributed by atoms with E-state index < -0.39 is 67.5 Å². The van der Waals surface area contributed by atoms with Crippen LogP contribution in [0.25, 0.3) is 11.5 Å². The number of halogens is 9. The Morgan fingerprint density at radius 1 is 1.03 bits per heavy atom. The molecule has 0 N–H and O–H groups in total. The van der Waals surface area contributed by atoms with Crippen molar-refractivity contribution in [3.63, 3.8) is 0 Å². The normalized spacial score (nSPS) is 14.1. The molecule has 0 bridgehead atoms. The average Bonchev–Trinajstić information content (AvgIpc) is 3.17. The summed E-state index contributed by atoms with van der Waals surface area (Å²) in [6.45, 7) is 4.42. The van der Waals surface area contributed by atoms with Crippen LogP contribution < -0.4 is 0 Å². The van der Waals surface area contributed by atoms with Gasteiger partial charge in [-0.2, -0.15) is 44.6 Å². The monoisotopic (exact) mass is 567 g/mol. The topological polar surface area (TPSA) is 106 Å². The Balaban J connectivity index is 2.85. The van der Waals surface area contributed by atoms with Gasteiger partial charge in [0.15, 0.2) is 21.5 Å². The number of hydrazone groups is 1. The maximum atomic E-state index is 14.6. The molecule has 2 aromatic heterocycles. The predicted octanol–water partition coefficient (Wildman–Crippen LogP) is 3.52. The lowest BCUT2D eigenvalue weighted by atomic mass is 10.0. The Hall–Kier alpha value is -3.25. The lowest BCUT2D eigenvalue weighted by Gasteiger charge is -2.33. The van der Waals surface area contributed by atoms with Crippen LogP contribution in [0, 0.1) is 0 Å². The van der Waals surface area contributed by atoms with Gasteiger partial charge in [-0.25, -0.2) is 28.4 Å². The van der Waals surface area contributed by atoms with Gasteiger partial charge in [0, 0.05) is 21.1 Å². The highest BCUT2D eigenvalue weighted by molar-refractivity contribution is 7.91. The summed E-state index contributed by atoms with van der Waals surface area (Å²) < 4.78 is 147. The van der Waals surface area contributed by atoms with E-state index in [0.717, 1.165) is 0 Å². The molecule has 0 aliphatic carbocycles. The number of hydrogen-bond donors (Lipinski definition) is 0. The van der Waals surface area contributed by atoms with Gasteiger partial charge in [-0.05, 0) is 6.72 Å². The van der Waals surface area contributed by atoms with Crippen molar-refractivity contribution in [1.82, 2.24) is 24.5 Å². The highest BCUT2D eigenvalue weighted by Gasteiger charge is 2.82. The molecule has 9 nitrogen and oxygen atoms in total. The van der Waals surface area contributed by atoms with Gasteiger partial charge in [-0.15, -0.1) is 0 Å². The number of nitrogens with zero attached hydrogens (tertiary/aromatic N) is 7. The lowest BCUT2D eigenvalue weighted by molar-refractivity contribution is -0.400. The van der Waals surface area contributed by atoms with Gasteiger partial charge in [0.05, 0.1) is 18.1 Å². The van der Waals surface area contributed by atoms with Gasteiger partial charge >= 0.3 is 23.9 Å². The molecule has 0 amide bonds. The standard InChI is InChI=1S/C18H18F9N7O2S/c1-6-37(35,36)9-7-29-13(12(28-2)32-33(3)4)31-11(9)14-30-8-10(34(14)5)15(19,20)16(21,22)17(23,24)18(25,26)27/h7-8H,2,6H2,1,3-5H3/b32-12-. The largest absolute Gasteiger partial charge is 0.460 e. The van der Waals surface area contributed by atoms with E-state index in [9.17, 15) is 47.9 Å². The molecule has 19 heteroatoms. The zero-order valence-electron chi connectivity index (χ0n) is 19.3. The molecular formula is C18H18F9N7O2S. The molecule has 0 spiro atoms. The molecule has 2 aromatic rings. The Bertz CT molecular complexity index is 1320.